The standard InChI is InChI=1S/C46H87NO8/c1-3-5-7-9-10-11-12-13-14-15-16-17-18-19-20-21-22-23-24-25-26-27-28-29-30-32-33-35-40(49)39(47-42(50)36-34-31-8-6-4-2)38-54-46-45(53)44(52)43(51)41(37-48)55-46/h28-29,33,35,39-41,43-46,48-49,51-53H,3-27,30-32,34,36-38H2,1-2H3,(H,47,50)/b29-28+,35-33+. The number of hydrogen-bond acceptors (Lipinski definition) is 8. The van der Waals surface area contributed by atoms with Gasteiger partial charge in [-0.25, -0.2) is 0 Å². The van der Waals surface area contributed by atoms with Gasteiger partial charge in [0.15, 0.2) is 6.29 Å². The zero-order chi connectivity index (χ0) is 40.2. The predicted molar refractivity (Wildman–Crippen MR) is 226 cm³/mol. The normalized spacial score (nSPS) is 21.5. The van der Waals surface area contributed by atoms with Crippen molar-refractivity contribution in [2.24, 2.45) is 0 Å². The molecule has 0 aromatic rings. The van der Waals surface area contributed by atoms with Crippen molar-refractivity contribution in [3.05, 3.63) is 24.3 Å². The Morgan fingerprint density at radius 3 is 1.53 bits per heavy atom. The second kappa shape index (κ2) is 37.0. The van der Waals surface area contributed by atoms with Crippen molar-refractivity contribution in [1.82, 2.24) is 5.32 Å². The van der Waals surface area contributed by atoms with E-state index < -0.39 is 49.5 Å². The van der Waals surface area contributed by atoms with Gasteiger partial charge < -0.3 is 40.3 Å². The second-order valence-corrected chi connectivity index (χ2v) is 16.2. The molecule has 1 amide bonds. The lowest BCUT2D eigenvalue weighted by molar-refractivity contribution is -0.302. The van der Waals surface area contributed by atoms with Gasteiger partial charge in [0.1, 0.15) is 24.4 Å². The fourth-order valence-corrected chi connectivity index (χ4v) is 7.29. The van der Waals surface area contributed by atoms with Gasteiger partial charge in [-0.1, -0.05) is 192 Å². The summed E-state index contributed by atoms with van der Waals surface area (Å²) in [5, 5.41) is 53.8. The molecule has 0 aromatic heterocycles. The number of aliphatic hydroxyl groups excluding tert-OH is 5. The Balaban J connectivity index is 2.17. The van der Waals surface area contributed by atoms with Crippen LogP contribution in [0.1, 0.15) is 206 Å². The Labute approximate surface area is 337 Å². The highest BCUT2D eigenvalue weighted by Gasteiger charge is 2.44. The highest BCUT2D eigenvalue weighted by Crippen LogP contribution is 2.22. The summed E-state index contributed by atoms with van der Waals surface area (Å²) in [5.41, 5.74) is 0. The molecule has 1 fully saturated rings. The summed E-state index contributed by atoms with van der Waals surface area (Å²) in [5.74, 6) is -0.200. The van der Waals surface area contributed by atoms with Crippen molar-refractivity contribution in [2.45, 2.75) is 249 Å². The third-order valence-electron chi connectivity index (χ3n) is 11.0. The number of aliphatic hydroxyl groups is 5. The number of hydrogen-bond donors (Lipinski definition) is 6. The Hall–Kier alpha value is -1.33. The molecule has 1 saturated heterocycles. The van der Waals surface area contributed by atoms with Gasteiger partial charge >= 0.3 is 0 Å². The number of ether oxygens (including phenoxy) is 2. The van der Waals surface area contributed by atoms with E-state index in [0.29, 0.717) is 6.42 Å². The van der Waals surface area contributed by atoms with Gasteiger partial charge in [0.25, 0.3) is 0 Å². The minimum atomic E-state index is -1.57. The first-order valence-corrected chi connectivity index (χ1v) is 23.1. The predicted octanol–water partition coefficient (Wildman–Crippen LogP) is 9.50. The summed E-state index contributed by atoms with van der Waals surface area (Å²) >= 11 is 0. The van der Waals surface area contributed by atoms with E-state index in [4.69, 9.17) is 9.47 Å². The first-order valence-electron chi connectivity index (χ1n) is 23.1. The van der Waals surface area contributed by atoms with Crippen LogP contribution in [0.3, 0.4) is 0 Å². The second-order valence-electron chi connectivity index (χ2n) is 16.2. The van der Waals surface area contributed by atoms with E-state index in [1.807, 2.05) is 6.08 Å². The molecule has 0 spiro atoms. The summed E-state index contributed by atoms with van der Waals surface area (Å²) in [4.78, 5) is 12.7. The van der Waals surface area contributed by atoms with Crippen LogP contribution in [0.2, 0.25) is 0 Å². The topological polar surface area (TPSA) is 149 Å². The lowest BCUT2D eigenvalue weighted by Crippen LogP contribution is -2.60. The average molecular weight is 782 g/mol. The Morgan fingerprint density at radius 1 is 0.600 bits per heavy atom. The average Bonchev–Trinajstić information content (AvgIpc) is 3.18. The molecule has 0 radical (unpaired) electrons. The molecule has 324 valence electrons. The van der Waals surface area contributed by atoms with Crippen LogP contribution in [0.25, 0.3) is 0 Å². The molecule has 7 atom stereocenters. The van der Waals surface area contributed by atoms with Crippen molar-refractivity contribution in [3.8, 4) is 0 Å². The zero-order valence-electron chi connectivity index (χ0n) is 35.4. The largest absolute Gasteiger partial charge is 0.394 e. The molecule has 6 N–H and O–H groups in total. The molecule has 7 unspecified atom stereocenters. The molecule has 9 heteroatoms. The molecular formula is C46H87NO8. The molecule has 1 rings (SSSR count). The van der Waals surface area contributed by atoms with E-state index in [9.17, 15) is 30.3 Å². The third-order valence-corrected chi connectivity index (χ3v) is 11.0. The van der Waals surface area contributed by atoms with Crippen molar-refractivity contribution in [1.29, 1.82) is 0 Å². The van der Waals surface area contributed by atoms with Gasteiger partial charge in [-0.15, -0.1) is 0 Å². The van der Waals surface area contributed by atoms with Crippen LogP contribution in [0.5, 0.6) is 0 Å². The Morgan fingerprint density at radius 2 is 1.04 bits per heavy atom. The van der Waals surface area contributed by atoms with Crippen molar-refractivity contribution in [3.63, 3.8) is 0 Å². The highest BCUT2D eigenvalue weighted by molar-refractivity contribution is 5.76. The Bertz CT molecular complexity index is 914. The first kappa shape index (κ1) is 51.7. The van der Waals surface area contributed by atoms with E-state index >= 15 is 0 Å². The zero-order valence-corrected chi connectivity index (χ0v) is 35.4. The molecule has 1 heterocycles. The minimum absolute atomic E-state index is 0.199. The van der Waals surface area contributed by atoms with Gasteiger partial charge in [-0.3, -0.25) is 4.79 Å². The molecule has 0 bridgehead atoms. The molecular weight excluding hydrogens is 695 g/mol. The maximum atomic E-state index is 12.7. The molecule has 1 aliphatic rings. The Kier molecular flexibility index (Phi) is 34.7. The van der Waals surface area contributed by atoms with Crippen molar-refractivity contribution in [2.75, 3.05) is 13.2 Å². The summed E-state index contributed by atoms with van der Waals surface area (Å²) in [6, 6.07) is -0.814. The van der Waals surface area contributed by atoms with E-state index in [2.05, 4.69) is 31.3 Å². The number of carbonyl (C=O) groups excluding carboxylic acids is 1. The highest BCUT2D eigenvalue weighted by atomic mass is 16.7. The lowest BCUT2D eigenvalue weighted by Gasteiger charge is -2.40. The molecule has 0 aliphatic carbocycles. The fourth-order valence-electron chi connectivity index (χ4n) is 7.29. The lowest BCUT2D eigenvalue weighted by atomic mass is 9.99. The summed E-state index contributed by atoms with van der Waals surface area (Å²) in [6.07, 6.45) is 37.3. The van der Waals surface area contributed by atoms with Crippen LogP contribution in [0, 0.1) is 0 Å². The summed E-state index contributed by atoms with van der Waals surface area (Å²) in [7, 11) is 0. The van der Waals surface area contributed by atoms with Crippen molar-refractivity contribution < 1.29 is 39.8 Å². The fraction of sp³-hybridized carbons (Fsp3) is 0.891. The number of unbranched alkanes of at least 4 members (excludes halogenated alkanes) is 26. The molecule has 55 heavy (non-hydrogen) atoms. The van der Waals surface area contributed by atoms with E-state index in [1.54, 1.807) is 6.08 Å². The van der Waals surface area contributed by atoms with Gasteiger partial charge in [0, 0.05) is 6.42 Å². The number of carbonyl (C=O) groups is 1. The van der Waals surface area contributed by atoms with Gasteiger partial charge in [-0.05, 0) is 32.1 Å². The number of allylic oxidation sites excluding steroid dienone is 3. The molecule has 1 aliphatic heterocycles. The van der Waals surface area contributed by atoms with Crippen molar-refractivity contribution >= 4 is 5.91 Å². The van der Waals surface area contributed by atoms with Gasteiger partial charge in [0.2, 0.25) is 5.91 Å². The summed E-state index contributed by atoms with van der Waals surface area (Å²) in [6.45, 7) is 3.66. The molecule has 0 aromatic carbocycles. The maximum Gasteiger partial charge on any atom is 0.220 e. The van der Waals surface area contributed by atoms with Crippen LogP contribution in [0.15, 0.2) is 24.3 Å². The number of nitrogens with one attached hydrogen (secondary N) is 1. The van der Waals surface area contributed by atoms with Crippen LogP contribution < -0.4 is 5.32 Å². The van der Waals surface area contributed by atoms with E-state index in [-0.39, 0.29) is 12.5 Å². The van der Waals surface area contributed by atoms with Gasteiger partial charge in [-0.2, -0.15) is 0 Å². The smallest absolute Gasteiger partial charge is 0.220 e. The number of amides is 1. The van der Waals surface area contributed by atoms with Crippen LogP contribution in [-0.2, 0) is 14.3 Å². The summed E-state index contributed by atoms with van der Waals surface area (Å²) < 4.78 is 11.1. The van der Waals surface area contributed by atoms with Gasteiger partial charge in [0.05, 0.1) is 25.4 Å². The first-order chi connectivity index (χ1) is 26.8. The van der Waals surface area contributed by atoms with E-state index in [0.717, 1.165) is 51.4 Å². The monoisotopic (exact) mass is 782 g/mol. The molecule has 0 saturated carbocycles. The SMILES string of the molecule is CCCCCCCCCCCCCCCCCCCCCCC/C=C/CC/C=C/C(O)C(COC1OC(CO)C(O)C(O)C1O)NC(=O)CCCCCCC. The van der Waals surface area contributed by atoms with E-state index in [1.165, 1.54) is 135 Å². The number of rotatable bonds is 38. The molecule has 9 nitrogen and oxygen atoms in total. The van der Waals surface area contributed by atoms with Crippen LogP contribution in [-0.4, -0.2) is 87.5 Å². The minimum Gasteiger partial charge on any atom is -0.394 e. The van der Waals surface area contributed by atoms with Crippen LogP contribution >= 0.6 is 0 Å². The maximum absolute atomic E-state index is 12.7. The third kappa shape index (κ3) is 27.9. The quantitative estimate of drug-likeness (QED) is 0.0268. The van der Waals surface area contributed by atoms with Crippen LogP contribution in [0.4, 0.5) is 0 Å².